The number of benzene rings is 1. The summed E-state index contributed by atoms with van der Waals surface area (Å²) in [5.74, 6) is -0.343. The number of aryl methyl sites for hydroxylation is 1. The van der Waals surface area contributed by atoms with Gasteiger partial charge in [-0.15, -0.1) is 0 Å². The lowest BCUT2D eigenvalue weighted by molar-refractivity contribution is -0.140. The highest BCUT2D eigenvalue weighted by Crippen LogP contribution is 2.10. The summed E-state index contributed by atoms with van der Waals surface area (Å²) in [5.41, 5.74) is 0.420. The van der Waals surface area contributed by atoms with E-state index >= 15 is 0 Å². The van der Waals surface area contributed by atoms with Crippen molar-refractivity contribution in [3.05, 3.63) is 40.9 Å². The van der Waals surface area contributed by atoms with Gasteiger partial charge < -0.3 is 4.74 Å². The molecule has 0 radical (unpaired) electrons. The number of carbonyl (C=O) groups excluding carboxylic acids is 1. The van der Waals surface area contributed by atoms with Gasteiger partial charge in [0, 0.05) is 18.1 Å². The molecule has 5 nitrogen and oxygen atoms in total. The van der Waals surface area contributed by atoms with E-state index < -0.39 is 0 Å². The fourth-order valence-corrected chi connectivity index (χ4v) is 1.66. The number of hydrogen-bond acceptors (Lipinski definition) is 4. The van der Waals surface area contributed by atoms with E-state index in [1.807, 2.05) is 24.3 Å². The van der Waals surface area contributed by atoms with Gasteiger partial charge in [-0.25, -0.2) is 9.78 Å². The number of esters is 1. The first-order valence-electron chi connectivity index (χ1n) is 5.24. The minimum absolute atomic E-state index is 0.159. The van der Waals surface area contributed by atoms with Crippen molar-refractivity contribution in [2.45, 2.75) is 13.0 Å². The van der Waals surface area contributed by atoms with Crippen molar-refractivity contribution in [2.24, 2.45) is 0 Å². The van der Waals surface area contributed by atoms with Gasteiger partial charge in [-0.2, -0.15) is 0 Å². The number of ether oxygens (including phenoxy) is 1. The van der Waals surface area contributed by atoms with Crippen molar-refractivity contribution in [1.29, 1.82) is 0 Å². The summed E-state index contributed by atoms with van der Waals surface area (Å²) in [5, 5.41) is 0.872. The van der Waals surface area contributed by atoms with Crippen LogP contribution in [0.1, 0.15) is 6.42 Å². The molecule has 0 unspecified atom stereocenters. The van der Waals surface area contributed by atoms with E-state index in [1.165, 1.54) is 17.9 Å². The molecular formula is C12H12N2O3. The third-order valence-electron chi connectivity index (χ3n) is 2.54. The Morgan fingerprint density at radius 3 is 2.94 bits per heavy atom. The van der Waals surface area contributed by atoms with Crippen LogP contribution >= 0.6 is 0 Å². The lowest BCUT2D eigenvalue weighted by Gasteiger charge is -2.07. The lowest BCUT2D eigenvalue weighted by atomic mass is 10.2. The van der Waals surface area contributed by atoms with E-state index in [0.717, 1.165) is 10.9 Å². The van der Waals surface area contributed by atoms with Gasteiger partial charge in [0.15, 0.2) is 0 Å². The highest BCUT2D eigenvalue weighted by molar-refractivity contribution is 5.78. The Morgan fingerprint density at radius 2 is 2.18 bits per heavy atom. The van der Waals surface area contributed by atoms with E-state index in [1.54, 1.807) is 0 Å². The Balaban J connectivity index is 2.41. The average molecular weight is 232 g/mol. The molecule has 0 saturated heterocycles. The second kappa shape index (κ2) is 4.78. The molecule has 2 rings (SSSR count). The van der Waals surface area contributed by atoms with Crippen LogP contribution in [0.2, 0.25) is 0 Å². The molecule has 0 aliphatic carbocycles. The standard InChI is InChI=1S/C12H12N2O3/c1-17-11(15)6-7-14-10-5-3-2-4-9(10)8-13-12(14)16/h2-5,8H,6-7H2,1H3. The summed E-state index contributed by atoms with van der Waals surface area (Å²) in [7, 11) is 1.33. The van der Waals surface area contributed by atoms with Gasteiger partial charge in [0.25, 0.3) is 0 Å². The summed E-state index contributed by atoms with van der Waals surface area (Å²) in [6.45, 7) is 0.278. The number of fused-ring (bicyclic) bond motifs is 1. The number of carbonyl (C=O) groups is 1. The van der Waals surface area contributed by atoms with Gasteiger partial charge in [-0.3, -0.25) is 9.36 Å². The number of nitrogens with zero attached hydrogens (tertiary/aromatic N) is 2. The zero-order valence-electron chi connectivity index (χ0n) is 9.42. The van der Waals surface area contributed by atoms with E-state index in [0.29, 0.717) is 0 Å². The van der Waals surface area contributed by atoms with Crippen molar-refractivity contribution in [3.8, 4) is 0 Å². The zero-order chi connectivity index (χ0) is 12.3. The van der Waals surface area contributed by atoms with Crippen LogP contribution in [0.5, 0.6) is 0 Å². The summed E-state index contributed by atoms with van der Waals surface area (Å²) < 4.78 is 6.03. The predicted molar refractivity (Wildman–Crippen MR) is 62.6 cm³/mol. The smallest absolute Gasteiger partial charge is 0.348 e. The first-order valence-corrected chi connectivity index (χ1v) is 5.24. The molecule has 0 bridgehead atoms. The Kier molecular flexibility index (Phi) is 3.18. The molecule has 88 valence electrons. The molecule has 0 fully saturated rings. The minimum Gasteiger partial charge on any atom is -0.469 e. The van der Waals surface area contributed by atoms with Crippen LogP contribution in [0, 0.1) is 0 Å². The second-order valence-electron chi connectivity index (χ2n) is 3.58. The predicted octanol–water partition coefficient (Wildman–Crippen LogP) is 0.960. The fourth-order valence-electron chi connectivity index (χ4n) is 1.66. The molecule has 0 N–H and O–H groups in total. The third-order valence-corrected chi connectivity index (χ3v) is 2.54. The molecule has 0 aliphatic rings. The fraction of sp³-hybridized carbons (Fsp3) is 0.250. The molecule has 0 saturated carbocycles. The van der Waals surface area contributed by atoms with Crippen molar-refractivity contribution in [2.75, 3.05) is 7.11 Å². The van der Waals surface area contributed by atoms with E-state index in [9.17, 15) is 9.59 Å². The van der Waals surface area contributed by atoms with Crippen LogP contribution in [0.3, 0.4) is 0 Å². The molecule has 5 heteroatoms. The number of hydrogen-bond donors (Lipinski definition) is 0. The number of para-hydroxylation sites is 1. The maximum atomic E-state index is 11.6. The molecule has 1 aromatic heterocycles. The Morgan fingerprint density at radius 1 is 1.41 bits per heavy atom. The van der Waals surface area contributed by atoms with E-state index in [2.05, 4.69) is 9.72 Å². The van der Waals surface area contributed by atoms with Crippen molar-refractivity contribution in [3.63, 3.8) is 0 Å². The summed E-state index contributed by atoms with van der Waals surface area (Å²) in [6.07, 6.45) is 1.69. The van der Waals surface area contributed by atoms with Gasteiger partial charge in [0.2, 0.25) is 0 Å². The third kappa shape index (κ3) is 2.33. The topological polar surface area (TPSA) is 61.2 Å². The quantitative estimate of drug-likeness (QED) is 0.739. The number of methoxy groups -OCH3 is 1. The summed E-state index contributed by atoms with van der Waals surface area (Å²) in [6, 6.07) is 7.42. The first-order chi connectivity index (χ1) is 8.22. The highest BCUT2D eigenvalue weighted by Gasteiger charge is 2.06. The average Bonchev–Trinajstić information content (AvgIpc) is 2.37. The van der Waals surface area contributed by atoms with Crippen molar-refractivity contribution < 1.29 is 9.53 Å². The van der Waals surface area contributed by atoms with Crippen LogP contribution in [-0.2, 0) is 16.1 Å². The Hall–Kier alpha value is -2.17. The van der Waals surface area contributed by atoms with Gasteiger partial charge >= 0.3 is 11.7 Å². The number of rotatable bonds is 3. The van der Waals surface area contributed by atoms with Crippen LogP contribution in [0.4, 0.5) is 0 Å². The van der Waals surface area contributed by atoms with Crippen LogP contribution < -0.4 is 5.69 Å². The molecule has 0 atom stereocenters. The second-order valence-corrected chi connectivity index (χ2v) is 3.58. The van der Waals surface area contributed by atoms with Gasteiger partial charge in [0.05, 0.1) is 19.0 Å². The van der Waals surface area contributed by atoms with Crippen molar-refractivity contribution in [1.82, 2.24) is 9.55 Å². The van der Waals surface area contributed by atoms with E-state index in [-0.39, 0.29) is 24.6 Å². The minimum atomic E-state index is -0.354. The SMILES string of the molecule is COC(=O)CCn1c(=O)ncc2ccccc21. The van der Waals surface area contributed by atoms with Gasteiger partial charge in [-0.05, 0) is 6.07 Å². The summed E-state index contributed by atoms with van der Waals surface area (Å²) >= 11 is 0. The van der Waals surface area contributed by atoms with Crippen LogP contribution in [0.15, 0.2) is 35.3 Å². The molecule has 2 aromatic rings. The number of aromatic nitrogens is 2. The monoisotopic (exact) mass is 232 g/mol. The van der Waals surface area contributed by atoms with Gasteiger partial charge in [0.1, 0.15) is 0 Å². The zero-order valence-corrected chi connectivity index (χ0v) is 9.42. The molecule has 0 spiro atoms. The Bertz CT molecular complexity index is 604. The maximum absolute atomic E-state index is 11.6. The van der Waals surface area contributed by atoms with Crippen LogP contribution in [0.25, 0.3) is 10.9 Å². The first kappa shape index (κ1) is 11.3. The molecule has 1 aromatic carbocycles. The molecule has 0 amide bonds. The van der Waals surface area contributed by atoms with Gasteiger partial charge in [-0.1, -0.05) is 18.2 Å². The Labute approximate surface area is 97.7 Å². The molecule has 1 heterocycles. The molecule has 0 aliphatic heterocycles. The largest absolute Gasteiger partial charge is 0.469 e. The van der Waals surface area contributed by atoms with Crippen LogP contribution in [-0.4, -0.2) is 22.6 Å². The molecular weight excluding hydrogens is 220 g/mol. The normalized spacial score (nSPS) is 10.4. The maximum Gasteiger partial charge on any atom is 0.348 e. The van der Waals surface area contributed by atoms with Crippen molar-refractivity contribution >= 4 is 16.9 Å². The molecule has 17 heavy (non-hydrogen) atoms. The van der Waals surface area contributed by atoms with E-state index in [4.69, 9.17) is 0 Å². The summed E-state index contributed by atoms with van der Waals surface area (Å²) in [4.78, 5) is 26.5. The lowest BCUT2D eigenvalue weighted by Crippen LogP contribution is -2.24. The highest BCUT2D eigenvalue weighted by atomic mass is 16.5.